The number of amides is 1. The number of carbonyl (C=O) groups excluding carboxylic acids is 1. The summed E-state index contributed by atoms with van der Waals surface area (Å²) in [6, 6.07) is 11.0. The van der Waals surface area contributed by atoms with Crippen molar-refractivity contribution < 1.29 is 22.7 Å². The van der Waals surface area contributed by atoms with E-state index in [-0.39, 0.29) is 17.3 Å². The number of sulfonamides is 1. The summed E-state index contributed by atoms with van der Waals surface area (Å²) in [6.45, 7) is 0.141. The molecule has 0 aliphatic carbocycles. The Morgan fingerprint density at radius 1 is 1.12 bits per heavy atom. The first-order valence-electron chi connectivity index (χ1n) is 6.97. The highest BCUT2D eigenvalue weighted by atomic mass is 32.2. The highest BCUT2D eigenvalue weighted by molar-refractivity contribution is 7.89. The van der Waals surface area contributed by atoms with Gasteiger partial charge in [0.1, 0.15) is 0 Å². The average Bonchev–Trinajstić information content (AvgIpc) is 2.58. The third kappa shape index (κ3) is 4.03. The number of hydrogen-bond acceptors (Lipinski definition) is 5. The second kappa shape index (κ2) is 7.33. The van der Waals surface area contributed by atoms with Gasteiger partial charge in [0.05, 0.1) is 24.7 Å². The van der Waals surface area contributed by atoms with Crippen LogP contribution in [0.1, 0.15) is 15.9 Å². The van der Waals surface area contributed by atoms with E-state index in [0.29, 0.717) is 22.6 Å². The van der Waals surface area contributed by atoms with Crippen molar-refractivity contribution in [2.75, 3.05) is 14.2 Å². The summed E-state index contributed by atoms with van der Waals surface area (Å²) < 4.78 is 33.1. The Balaban J connectivity index is 2.17. The molecule has 0 bridgehead atoms. The smallest absolute Gasteiger partial charge is 0.255 e. The Labute approximate surface area is 140 Å². The fraction of sp³-hybridized carbons (Fsp3) is 0.188. The van der Waals surface area contributed by atoms with Crippen molar-refractivity contribution in [1.29, 1.82) is 0 Å². The molecule has 0 spiro atoms. The Hall–Kier alpha value is -2.58. The van der Waals surface area contributed by atoms with Gasteiger partial charge in [0.2, 0.25) is 10.0 Å². The van der Waals surface area contributed by atoms with Crippen LogP contribution in [-0.2, 0) is 16.6 Å². The molecular weight excluding hydrogens is 332 g/mol. The van der Waals surface area contributed by atoms with Crippen LogP contribution in [0.3, 0.4) is 0 Å². The van der Waals surface area contributed by atoms with Gasteiger partial charge in [-0.25, -0.2) is 13.6 Å². The number of rotatable bonds is 6. The molecule has 0 heterocycles. The molecule has 128 valence electrons. The van der Waals surface area contributed by atoms with Gasteiger partial charge in [-0.2, -0.15) is 0 Å². The molecule has 0 fully saturated rings. The van der Waals surface area contributed by atoms with Crippen molar-refractivity contribution in [3.63, 3.8) is 0 Å². The first-order chi connectivity index (χ1) is 11.4. The van der Waals surface area contributed by atoms with Gasteiger partial charge in [-0.1, -0.05) is 18.2 Å². The third-order valence-electron chi connectivity index (χ3n) is 3.33. The van der Waals surface area contributed by atoms with E-state index in [0.717, 1.165) is 0 Å². The fourth-order valence-electron chi connectivity index (χ4n) is 2.18. The Morgan fingerprint density at radius 3 is 2.46 bits per heavy atom. The molecule has 2 aromatic rings. The lowest BCUT2D eigenvalue weighted by atomic mass is 10.1. The van der Waals surface area contributed by atoms with Gasteiger partial charge in [0.25, 0.3) is 5.91 Å². The van der Waals surface area contributed by atoms with Crippen molar-refractivity contribution >= 4 is 15.9 Å². The Bertz CT molecular complexity index is 849. The first kappa shape index (κ1) is 17.8. The SMILES string of the molecule is COc1cccc(C(=O)NCc2cccc(S(N)(=O)=O)c2)c1OC. The van der Waals surface area contributed by atoms with Crippen LogP contribution in [0.2, 0.25) is 0 Å². The molecule has 0 aliphatic rings. The summed E-state index contributed by atoms with van der Waals surface area (Å²) in [7, 11) is -0.852. The third-order valence-corrected chi connectivity index (χ3v) is 4.24. The summed E-state index contributed by atoms with van der Waals surface area (Å²) in [6.07, 6.45) is 0. The maximum absolute atomic E-state index is 12.4. The zero-order chi connectivity index (χ0) is 17.7. The van der Waals surface area contributed by atoms with Gasteiger partial charge in [0, 0.05) is 6.54 Å². The van der Waals surface area contributed by atoms with Crippen molar-refractivity contribution in [1.82, 2.24) is 5.32 Å². The minimum absolute atomic E-state index is 0.00629. The molecule has 0 saturated heterocycles. The normalized spacial score (nSPS) is 11.0. The molecule has 0 aromatic heterocycles. The van der Waals surface area contributed by atoms with Crippen molar-refractivity contribution in [3.8, 4) is 11.5 Å². The molecule has 0 atom stereocenters. The molecule has 3 N–H and O–H groups in total. The zero-order valence-electron chi connectivity index (χ0n) is 13.3. The molecule has 0 saturated carbocycles. The summed E-state index contributed by atoms with van der Waals surface area (Å²) in [5.74, 6) is 0.406. The van der Waals surface area contributed by atoms with Gasteiger partial charge in [0.15, 0.2) is 11.5 Å². The van der Waals surface area contributed by atoms with Gasteiger partial charge >= 0.3 is 0 Å². The standard InChI is InChI=1S/C16H18N2O5S/c1-22-14-8-4-7-13(15(14)23-2)16(19)18-10-11-5-3-6-12(9-11)24(17,20)21/h3-9H,10H2,1-2H3,(H,18,19)(H2,17,20,21). The van der Waals surface area contributed by atoms with Crippen LogP contribution in [0.25, 0.3) is 0 Å². The van der Waals surface area contributed by atoms with E-state index >= 15 is 0 Å². The number of nitrogens with one attached hydrogen (secondary N) is 1. The number of hydrogen-bond donors (Lipinski definition) is 2. The van der Waals surface area contributed by atoms with Crippen molar-refractivity contribution in [2.24, 2.45) is 5.14 Å². The van der Waals surface area contributed by atoms with E-state index in [1.165, 1.54) is 26.4 Å². The number of benzene rings is 2. The number of methoxy groups -OCH3 is 2. The highest BCUT2D eigenvalue weighted by Gasteiger charge is 2.16. The molecule has 24 heavy (non-hydrogen) atoms. The lowest BCUT2D eigenvalue weighted by molar-refractivity contribution is 0.0947. The van der Waals surface area contributed by atoms with Crippen LogP contribution in [0.15, 0.2) is 47.4 Å². The predicted molar refractivity (Wildman–Crippen MR) is 88.5 cm³/mol. The summed E-state index contributed by atoms with van der Waals surface area (Å²) >= 11 is 0. The summed E-state index contributed by atoms with van der Waals surface area (Å²) in [5.41, 5.74) is 0.927. The predicted octanol–water partition coefficient (Wildman–Crippen LogP) is 1.28. The number of nitrogens with two attached hydrogens (primary N) is 1. The molecule has 2 aromatic carbocycles. The van der Waals surface area contributed by atoms with Gasteiger partial charge in [-0.15, -0.1) is 0 Å². The topological polar surface area (TPSA) is 108 Å². The largest absolute Gasteiger partial charge is 0.493 e. The maximum atomic E-state index is 12.4. The Kier molecular flexibility index (Phi) is 5.42. The van der Waals surface area contributed by atoms with E-state index in [9.17, 15) is 13.2 Å². The van der Waals surface area contributed by atoms with Crippen molar-refractivity contribution in [3.05, 3.63) is 53.6 Å². The van der Waals surface area contributed by atoms with Gasteiger partial charge in [-0.05, 0) is 29.8 Å². The van der Waals surface area contributed by atoms with E-state index in [2.05, 4.69) is 5.32 Å². The Morgan fingerprint density at radius 2 is 1.83 bits per heavy atom. The maximum Gasteiger partial charge on any atom is 0.255 e. The first-order valence-corrected chi connectivity index (χ1v) is 8.52. The summed E-state index contributed by atoms with van der Waals surface area (Å²) in [5, 5.41) is 7.81. The lowest BCUT2D eigenvalue weighted by Crippen LogP contribution is -2.23. The van der Waals surface area contributed by atoms with Crippen LogP contribution in [0.5, 0.6) is 11.5 Å². The minimum atomic E-state index is -3.78. The van der Waals surface area contributed by atoms with Crippen LogP contribution < -0.4 is 19.9 Å². The van der Waals surface area contributed by atoms with Gasteiger partial charge < -0.3 is 14.8 Å². The quantitative estimate of drug-likeness (QED) is 0.816. The number of ether oxygens (including phenoxy) is 2. The molecule has 0 aliphatic heterocycles. The average molecular weight is 350 g/mol. The van der Waals surface area contributed by atoms with E-state index in [4.69, 9.17) is 14.6 Å². The monoisotopic (exact) mass is 350 g/mol. The zero-order valence-corrected chi connectivity index (χ0v) is 14.1. The molecule has 7 nitrogen and oxygen atoms in total. The van der Waals surface area contributed by atoms with Crippen LogP contribution in [0, 0.1) is 0 Å². The van der Waals surface area contributed by atoms with E-state index in [1.54, 1.807) is 30.3 Å². The fourth-order valence-corrected chi connectivity index (χ4v) is 2.76. The minimum Gasteiger partial charge on any atom is -0.493 e. The van der Waals surface area contributed by atoms with Crippen molar-refractivity contribution in [2.45, 2.75) is 11.4 Å². The molecule has 0 unspecified atom stereocenters. The summed E-state index contributed by atoms with van der Waals surface area (Å²) in [4.78, 5) is 12.4. The number of carbonyl (C=O) groups is 1. The van der Waals surface area contributed by atoms with Crippen LogP contribution in [0.4, 0.5) is 0 Å². The van der Waals surface area contributed by atoms with E-state index < -0.39 is 10.0 Å². The molecule has 0 radical (unpaired) electrons. The molecule has 2 rings (SSSR count). The number of primary sulfonamides is 1. The lowest BCUT2D eigenvalue weighted by Gasteiger charge is -2.12. The number of para-hydroxylation sites is 1. The second-order valence-electron chi connectivity index (χ2n) is 4.92. The molecule has 8 heteroatoms. The molecule has 1 amide bonds. The highest BCUT2D eigenvalue weighted by Crippen LogP contribution is 2.30. The van der Waals surface area contributed by atoms with E-state index in [1.807, 2.05) is 0 Å². The second-order valence-corrected chi connectivity index (χ2v) is 6.48. The molecular formula is C16H18N2O5S. The van der Waals surface area contributed by atoms with Gasteiger partial charge in [-0.3, -0.25) is 4.79 Å². The van der Waals surface area contributed by atoms with Crippen LogP contribution in [-0.4, -0.2) is 28.5 Å². The van der Waals surface area contributed by atoms with Crippen LogP contribution >= 0.6 is 0 Å².